The van der Waals surface area contributed by atoms with Crippen LogP contribution < -0.4 is 5.32 Å². The molecule has 1 fully saturated rings. The van der Waals surface area contributed by atoms with Crippen LogP contribution in [-0.4, -0.2) is 23.4 Å². The van der Waals surface area contributed by atoms with E-state index in [2.05, 4.69) is 5.32 Å². The average Bonchev–Trinajstić information content (AvgIpc) is 2.97. The fourth-order valence-electron chi connectivity index (χ4n) is 2.10. The van der Waals surface area contributed by atoms with E-state index in [1.807, 2.05) is 6.07 Å². The Morgan fingerprint density at radius 2 is 2.26 bits per heavy atom. The third-order valence-corrected chi connectivity index (χ3v) is 3.21. The molecule has 1 aromatic heterocycles. The number of furan rings is 1. The molecule has 19 heavy (non-hydrogen) atoms. The van der Waals surface area contributed by atoms with Gasteiger partial charge >= 0.3 is 6.03 Å². The third-order valence-electron chi connectivity index (χ3n) is 3.21. The molecule has 1 N–H and O–H groups in total. The normalized spacial score (nSPS) is 22.4. The summed E-state index contributed by atoms with van der Waals surface area (Å²) in [6.07, 6.45) is 3.20. The van der Waals surface area contributed by atoms with Crippen molar-refractivity contribution in [3.8, 4) is 6.07 Å². The zero-order valence-corrected chi connectivity index (χ0v) is 10.7. The first-order valence-electron chi connectivity index (χ1n) is 6.14. The SMILES string of the molecule is CC1(c2ccco2)NC(=O)N(CCCCC#N)C1=O. The average molecular weight is 261 g/mol. The largest absolute Gasteiger partial charge is 0.466 e. The molecule has 1 aliphatic rings. The molecule has 2 rings (SSSR count). The van der Waals surface area contributed by atoms with Crippen molar-refractivity contribution in [2.75, 3.05) is 6.54 Å². The molecule has 0 spiro atoms. The monoisotopic (exact) mass is 261 g/mol. The van der Waals surface area contributed by atoms with Gasteiger partial charge in [0.25, 0.3) is 5.91 Å². The molecule has 0 bridgehead atoms. The summed E-state index contributed by atoms with van der Waals surface area (Å²) in [5.41, 5.74) is -1.13. The second-order valence-corrected chi connectivity index (χ2v) is 4.60. The molecule has 0 aliphatic carbocycles. The predicted octanol–water partition coefficient (Wildman–Crippen LogP) is 1.74. The van der Waals surface area contributed by atoms with Gasteiger partial charge in [-0.05, 0) is 31.9 Å². The molecule has 0 radical (unpaired) electrons. The van der Waals surface area contributed by atoms with Crippen molar-refractivity contribution in [2.24, 2.45) is 0 Å². The van der Waals surface area contributed by atoms with Gasteiger partial charge in [0.15, 0.2) is 5.54 Å². The fraction of sp³-hybridized carbons (Fsp3) is 0.462. The maximum Gasteiger partial charge on any atom is 0.325 e. The predicted molar refractivity (Wildman–Crippen MR) is 65.8 cm³/mol. The number of carbonyl (C=O) groups excluding carboxylic acids is 2. The second kappa shape index (κ2) is 5.14. The molecular formula is C13H15N3O3. The summed E-state index contributed by atoms with van der Waals surface area (Å²) >= 11 is 0. The number of rotatable bonds is 5. The van der Waals surface area contributed by atoms with Crippen LogP contribution in [0.4, 0.5) is 4.79 Å². The highest BCUT2D eigenvalue weighted by molar-refractivity contribution is 6.06. The van der Waals surface area contributed by atoms with E-state index in [1.165, 1.54) is 11.2 Å². The van der Waals surface area contributed by atoms with Gasteiger partial charge in [0.2, 0.25) is 0 Å². The Morgan fingerprint density at radius 1 is 1.47 bits per heavy atom. The molecule has 100 valence electrons. The van der Waals surface area contributed by atoms with Gasteiger partial charge in [-0.3, -0.25) is 9.69 Å². The van der Waals surface area contributed by atoms with E-state index in [-0.39, 0.29) is 5.91 Å². The minimum atomic E-state index is -1.13. The van der Waals surface area contributed by atoms with Crippen LogP contribution in [0.3, 0.4) is 0 Å². The maximum atomic E-state index is 12.3. The van der Waals surface area contributed by atoms with Gasteiger partial charge in [-0.25, -0.2) is 4.79 Å². The van der Waals surface area contributed by atoms with Crippen molar-refractivity contribution in [1.82, 2.24) is 10.2 Å². The third kappa shape index (κ3) is 2.32. The summed E-state index contributed by atoms with van der Waals surface area (Å²) in [4.78, 5) is 25.3. The van der Waals surface area contributed by atoms with E-state index < -0.39 is 11.6 Å². The van der Waals surface area contributed by atoms with Crippen molar-refractivity contribution in [3.05, 3.63) is 24.2 Å². The molecule has 6 nitrogen and oxygen atoms in total. The fourth-order valence-corrected chi connectivity index (χ4v) is 2.10. The summed E-state index contributed by atoms with van der Waals surface area (Å²) in [6.45, 7) is 1.95. The molecule has 3 amide bonds. The first kappa shape index (κ1) is 13.1. The van der Waals surface area contributed by atoms with Crippen molar-refractivity contribution < 1.29 is 14.0 Å². The summed E-state index contributed by atoms with van der Waals surface area (Å²) in [6, 6.07) is 4.96. The van der Waals surface area contributed by atoms with Crippen molar-refractivity contribution >= 4 is 11.9 Å². The lowest BCUT2D eigenvalue weighted by atomic mass is 9.99. The molecule has 1 saturated heterocycles. The van der Waals surface area contributed by atoms with Crippen LogP contribution in [-0.2, 0) is 10.3 Å². The molecule has 1 unspecified atom stereocenters. The summed E-state index contributed by atoms with van der Waals surface area (Å²) in [5, 5.41) is 11.1. The Labute approximate surface area is 111 Å². The lowest BCUT2D eigenvalue weighted by Gasteiger charge is -2.18. The van der Waals surface area contributed by atoms with Crippen LogP contribution in [0.25, 0.3) is 0 Å². The Kier molecular flexibility index (Phi) is 3.56. The van der Waals surface area contributed by atoms with Crippen molar-refractivity contribution in [3.63, 3.8) is 0 Å². The molecule has 2 heterocycles. The number of hydrogen-bond donors (Lipinski definition) is 1. The Morgan fingerprint density at radius 3 is 2.89 bits per heavy atom. The summed E-state index contributed by atoms with van der Waals surface area (Å²) < 4.78 is 5.23. The first-order valence-corrected chi connectivity index (χ1v) is 6.14. The Balaban J connectivity index is 2.07. The molecule has 1 aliphatic heterocycles. The Bertz CT molecular complexity index is 518. The number of hydrogen-bond acceptors (Lipinski definition) is 4. The quantitative estimate of drug-likeness (QED) is 0.646. The molecule has 6 heteroatoms. The van der Waals surface area contributed by atoms with E-state index in [0.29, 0.717) is 31.6 Å². The number of nitrogens with one attached hydrogen (secondary N) is 1. The number of imide groups is 1. The first-order chi connectivity index (χ1) is 9.09. The number of urea groups is 1. The van der Waals surface area contributed by atoms with Gasteiger partial charge < -0.3 is 9.73 Å². The summed E-state index contributed by atoms with van der Waals surface area (Å²) in [7, 11) is 0. The molecule has 0 aromatic carbocycles. The summed E-state index contributed by atoms with van der Waals surface area (Å²) in [5.74, 6) is 0.106. The van der Waals surface area contributed by atoms with Gasteiger partial charge in [-0.2, -0.15) is 5.26 Å². The Hall–Kier alpha value is -2.29. The van der Waals surface area contributed by atoms with E-state index in [9.17, 15) is 9.59 Å². The smallest absolute Gasteiger partial charge is 0.325 e. The molecule has 0 saturated carbocycles. The second-order valence-electron chi connectivity index (χ2n) is 4.60. The number of unbranched alkanes of at least 4 members (excludes halogenated alkanes) is 2. The van der Waals surface area contributed by atoms with Crippen LogP contribution in [0, 0.1) is 11.3 Å². The molecular weight excluding hydrogens is 246 g/mol. The number of nitrogens with zero attached hydrogens (tertiary/aromatic N) is 2. The van der Waals surface area contributed by atoms with Crippen LogP contribution in [0.1, 0.15) is 31.9 Å². The van der Waals surface area contributed by atoms with Gasteiger partial charge in [0.05, 0.1) is 12.3 Å². The van der Waals surface area contributed by atoms with Gasteiger partial charge in [-0.15, -0.1) is 0 Å². The van der Waals surface area contributed by atoms with E-state index in [4.69, 9.17) is 9.68 Å². The van der Waals surface area contributed by atoms with Gasteiger partial charge in [0.1, 0.15) is 5.76 Å². The highest BCUT2D eigenvalue weighted by atomic mass is 16.3. The van der Waals surface area contributed by atoms with Crippen LogP contribution in [0.2, 0.25) is 0 Å². The topological polar surface area (TPSA) is 86.3 Å². The highest BCUT2D eigenvalue weighted by Gasteiger charge is 2.50. The lowest BCUT2D eigenvalue weighted by molar-refractivity contribution is -0.131. The zero-order valence-electron chi connectivity index (χ0n) is 10.7. The highest BCUT2D eigenvalue weighted by Crippen LogP contribution is 2.29. The van der Waals surface area contributed by atoms with Gasteiger partial charge in [0, 0.05) is 13.0 Å². The van der Waals surface area contributed by atoms with E-state index >= 15 is 0 Å². The minimum absolute atomic E-state index is 0.315. The standard InChI is InChI=1S/C13H15N3O3/c1-13(10-6-5-9-19-10)11(17)16(12(18)15-13)8-4-2-3-7-14/h5-6,9H,2-4,8H2,1H3,(H,15,18). The number of nitriles is 1. The van der Waals surface area contributed by atoms with Crippen molar-refractivity contribution in [1.29, 1.82) is 5.26 Å². The molecule has 1 aromatic rings. The number of amides is 3. The molecule has 1 atom stereocenters. The van der Waals surface area contributed by atoms with Crippen LogP contribution in [0.15, 0.2) is 22.8 Å². The van der Waals surface area contributed by atoms with Gasteiger partial charge in [-0.1, -0.05) is 0 Å². The van der Waals surface area contributed by atoms with E-state index in [0.717, 1.165) is 0 Å². The lowest BCUT2D eigenvalue weighted by Crippen LogP contribution is -2.40. The maximum absolute atomic E-state index is 12.3. The zero-order chi connectivity index (χ0) is 13.9. The minimum Gasteiger partial charge on any atom is -0.466 e. The van der Waals surface area contributed by atoms with Crippen LogP contribution >= 0.6 is 0 Å². The van der Waals surface area contributed by atoms with Crippen molar-refractivity contribution in [2.45, 2.75) is 31.7 Å². The van der Waals surface area contributed by atoms with Crippen LogP contribution in [0.5, 0.6) is 0 Å². The number of carbonyl (C=O) groups is 2. The van der Waals surface area contributed by atoms with E-state index in [1.54, 1.807) is 19.1 Å².